The molecule has 1 fully saturated rings. The number of nitrogens with zero attached hydrogens (tertiary/aromatic N) is 1. The molecule has 0 spiro atoms. The summed E-state index contributed by atoms with van der Waals surface area (Å²) < 4.78 is 15.6. The Morgan fingerprint density at radius 2 is 1.96 bits per heavy atom. The van der Waals surface area contributed by atoms with E-state index in [9.17, 15) is 9.59 Å². The van der Waals surface area contributed by atoms with Gasteiger partial charge in [-0.25, -0.2) is 9.59 Å². The van der Waals surface area contributed by atoms with Gasteiger partial charge in [0, 0.05) is 6.07 Å². The Labute approximate surface area is 145 Å². The van der Waals surface area contributed by atoms with Crippen LogP contribution in [0.15, 0.2) is 54.6 Å². The van der Waals surface area contributed by atoms with E-state index in [1.54, 1.807) is 55.6 Å². The third-order valence-electron chi connectivity index (χ3n) is 3.67. The standard InChI is InChI=1S/C18H18N2O5/c1-23-15-9-5-6-13(10-15)20-12-16(25-18(20)22)11-19-17(21)24-14-7-3-2-4-8-14/h2-10,16H,11-12H2,1H3,(H,19,21). The van der Waals surface area contributed by atoms with Crippen LogP contribution in [0.1, 0.15) is 0 Å². The first kappa shape index (κ1) is 16.6. The Hall–Kier alpha value is -3.22. The number of para-hydroxylation sites is 1. The molecule has 2 aromatic carbocycles. The van der Waals surface area contributed by atoms with E-state index in [1.807, 2.05) is 6.07 Å². The number of hydrogen-bond donors (Lipinski definition) is 1. The highest BCUT2D eigenvalue weighted by atomic mass is 16.6. The Kier molecular flexibility index (Phi) is 5.03. The number of methoxy groups -OCH3 is 1. The average Bonchev–Trinajstić information content (AvgIpc) is 3.02. The molecule has 1 aliphatic heterocycles. The summed E-state index contributed by atoms with van der Waals surface area (Å²) in [5, 5.41) is 2.60. The fourth-order valence-corrected chi connectivity index (χ4v) is 2.45. The number of nitrogens with one attached hydrogen (secondary N) is 1. The summed E-state index contributed by atoms with van der Waals surface area (Å²) in [6.07, 6.45) is -1.51. The second kappa shape index (κ2) is 7.57. The third kappa shape index (κ3) is 4.20. The van der Waals surface area contributed by atoms with Gasteiger partial charge in [-0.05, 0) is 24.3 Å². The van der Waals surface area contributed by atoms with Crippen LogP contribution in [0.5, 0.6) is 11.5 Å². The van der Waals surface area contributed by atoms with E-state index in [-0.39, 0.29) is 6.54 Å². The monoisotopic (exact) mass is 342 g/mol. The van der Waals surface area contributed by atoms with Crippen LogP contribution in [0, 0.1) is 0 Å². The van der Waals surface area contributed by atoms with Gasteiger partial charge in [0.1, 0.15) is 17.6 Å². The minimum atomic E-state index is -0.595. The maximum Gasteiger partial charge on any atom is 0.414 e. The molecule has 2 aromatic rings. The van der Waals surface area contributed by atoms with Crippen LogP contribution < -0.4 is 19.7 Å². The highest BCUT2D eigenvalue weighted by molar-refractivity contribution is 5.90. The van der Waals surface area contributed by atoms with Crippen molar-refractivity contribution in [1.82, 2.24) is 5.32 Å². The molecular weight excluding hydrogens is 324 g/mol. The van der Waals surface area contributed by atoms with Crippen LogP contribution in [0.3, 0.4) is 0 Å². The van der Waals surface area contributed by atoms with Gasteiger partial charge in [-0.15, -0.1) is 0 Å². The van der Waals surface area contributed by atoms with E-state index in [0.29, 0.717) is 23.7 Å². The van der Waals surface area contributed by atoms with Crippen LogP contribution in [0.2, 0.25) is 0 Å². The molecule has 0 saturated carbocycles. The van der Waals surface area contributed by atoms with Crippen LogP contribution in [0.25, 0.3) is 0 Å². The van der Waals surface area contributed by atoms with Crippen LogP contribution in [-0.4, -0.2) is 38.5 Å². The second-order valence-electron chi connectivity index (χ2n) is 5.40. The lowest BCUT2D eigenvalue weighted by molar-refractivity contribution is 0.137. The first-order valence-corrected chi connectivity index (χ1v) is 7.78. The quantitative estimate of drug-likeness (QED) is 0.904. The van der Waals surface area contributed by atoms with E-state index in [1.165, 1.54) is 4.90 Å². The lowest BCUT2D eigenvalue weighted by Gasteiger charge is -2.14. The Bertz CT molecular complexity index is 750. The first-order valence-electron chi connectivity index (χ1n) is 7.78. The van der Waals surface area contributed by atoms with Gasteiger partial charge >= 0.3 is 12.2 Å². The number of benzene rings is 2. The summed E-state index contributed by atoms with van der Waals surface area (Å²) in [4.78, 5) is 25.3. The van der Waals surface area contributed by atoms with E-state index in [0.717, 1.165) is 0 Å². The Morgan fingerprint density at radius 1 is 1.20 bits per heavy atom. The molecule has 0 aromatic heterocycles. The molecular formula is C18H18N2O5. The van der Waals surface area contributed by atoms with Crippen molar-refractivity contribution in [1.29, 1.82) is 0 Å². The summed E-state index contributed by atoms with van der Waals surface area (Å²) in [7, 11) is 1.56. The molecule has 25 heavy (non-hydrogen) atoms. The summed E-state index contributed by atoms with van der Waals surface area (Å²) in [6, 6.07) is 15.9. The number of anilines is 1. The normalized spacial score (nSPS) is 16.3. The zero-order valence-corrected chi connectivity index (χ0v) is 13.7. The van der Waals surface area contributed by atoms with Crippen molar-refractivity contribution in [2.75, 3.05) is 25.1 Å². The molecule has 7 nitrogen and oxygen atoms in total. The number of hydrogen-bond acceptors (Lipinski definition) is 5. The van der Waals surface area contributed by atoms with Gasteiger partial charge in [0.25, 0.3) is 0 Å². The molecule has 0 radical (unpaired) electrons. The van der Waals surface area contributed by atoms with Gasteiger partial charge in [0.05, 0.1) is 25.9 Å². The fraction of sp³-hybridized carbons (Fsp3) is 0.222. The van der Waals surface area contributed by atoms with E-state index in [4.69, 9.17) is 14.2 Å². The van der Waals surface area contributed by atoms with Gasteiger partial charge in [0.2, 0.25) is 0 Å². The molecule has 1 aliphatic rings. The molecule has 7 heteroatoms. The predicted molar refractivity (Wildman–Crippen MR) is 91.1 cm³/mol. The highest BCUT2D eigenvalue weighted by Crippen LogP contribution is 2.25. The van der Waals surface area contributed by atoms with Crippen LogP contribution in [0.4, 0.5) is 15.3 Å². The van der Waals surface area contributed by atoms with E-state index < -0.39 is 18.3 Å². The molecule has 1 saturated heterocycles. The fourth-order valence-electron chi connectivity index (χ4n) is 2.45. The largest absolute Gasteiger partial charge is 0.497 e. The van der Waals surface area contributed by atoms with Gasteiger partial charge in [-0.2, -0.15) is 0 Å². The van der Waals surface area contributed by atoms with Crippen molar-refractivity contribution in [3.63, 3.8) is 0 Å². The lowest BCUT2D eigenvalue weighted by atomic mass is 10.2. The summed E-state index contributed by atoms with van der Waals surface area (Å²) in [5.41, 5.74) is 0.679. The van der Waals surface area contributed by atoms with Crippen molar-refractivity contribution in [3.05, 3.63) is 54.6 Å². The maximum atomic E-state index is 12.0. The number of ether oxygens (including phenoxy) is 3. The number of cyclic esters (lactones) is 1. The van der Waals surface area contributed by atoms with Crippen molar-refractivity contribution in [3.8, 4) is 11.5 Å². The minimum Gasteiger partial charge on any atom is -0.497 e. The van der Waals surface area contributed by atoms with Gasteiger partial charge in [0.15, 0.2) is 0 Å². The summed E-state index contributed by atoms with van der Waals surface area (Å²) >= 11 is 0. The topological polar surface area (TPSA) is 77.1 Å². The maximum absolute atomic E-state index is 12.0. The van der Waals surface area contributed by atoms with Crippen molar-refractivity contribution >= 4 is 17.9 Å². The van der Waals surface area contributed by atoms with E-state index >= 15 is 0 Å². The lowest BCUT2D eigenvalue weighted by Crippen LogP contribution is -2.36. The smallest absolute Gasteiger partial charge is 0.414 e. The van der Waals surface area contributed by atoms with Gasteiger partial charge in [-0.1, -0.05) is 24.3 Å². The van der Waals surface area contributed by atoms with E-state index in [2.05, 4.69) is 5.32 Å². The average molecular weight is 342 g/mol. The molecule has 1 heterocycles. The molecule has 1 unspecified atom stereocenters. The molecule has 3 rings (SSSR count). The SMILES string of the molecule is COc1cccc(N2CC(CNC(=O)Oc3ccccc3)OC2=O)c1. The number of rotatable bonds is 5. The van der Waals surface area contributed by atoms with Crippen LogP contribution >= 0.6 is 0 Å². The number of carbonyl (C=O) groups excluding carboxylic acids is 2. The Morgan fingerprint density at radius 3 is 2.72 bits per heavy atom. The Balaban J connectivity index is 1.53. The molecule has 130 valence electrons. The van der Waals surface area contributed by atoms with Crippen LogP contribution in [-0.2, 0) is 4.74 Å². The number of carbonyl (C=O) groups is 2. The second-order valence-corrected chi connectivity index (χ2v) is 5.40. The highest BCUT2D eigenvalue weighted by Gasteiger charge is 2.32. The zero-order chi connectivity index (χ0) is 17.6. The van der Waals surface area contributed by atoms with Crippen molar-refractivity contribution in [2.24, 2.45) is 0 Å². The summed E-state index contributed by atoms with van der Waals surface area (Å²) in [5.74, 6) is 1.10. The van der Waals surface area contributed by atoms with Gasteiger partial charge < -0.3 is 19.5 Å². The third-order valence-corrected chi connectivity index (χ3v) is 3.67. The van der Waals surface area contributed by atoms with Crippen molar-refractivity contribution in [2.45, 2.75) is 6.10 Å². The molecule has 2 amide bonds. The number of amides is 2. The molecule has 1 N–H and O–H groups in total. The minimum absolute atomic E-state index is 0.165. The zero-order valence-electron chi connectivity index (χ0n) is 13.7. The summed E-state index contributed by atoms with van der Waals surface area (Å²) in [6.45, 7) is 0.496. The molecule has 1 atom stereocenters. The predicted octanol–water partition coefficient (Wildman–Crippen LogP) is 2.81. The molecule has 0 bridgehead atoms. The molecule has 0 aliphatic carbocycles. The van der Waals surface area contributed by atoms with Crippen molar-refractivity contribution < 1.29 is 23.8 Å². The van der Waals surface area contributed by atoms with Gasteiger partial charge in [-0.3, -0.25) is 4.90 Å². The first-order chi connectivity index (χ1) is 12.2.